The quantitative estimate of drug-likeness (QED) is 0.647. The van der Waals surface area contributed by atoms with E-state index in [0.29, 0.717) is 19.4 Å². The fraction of sp³-hybridized carbons (Fsp3) is 0.577. The van der Waals surface area contributed by atoms with Crippen molar-refractivity contribution in [1.29, 1.82) is 0 Å². The van der Waals surface area contributed by atoms with Crippen LogP contribution in [0, 0.1) is 16.7 Å². The maximum atomic E-state index is 13.3. The third-order valence-electron chi connectivity index (χ3n) is 6.53. The third kappa shape index (κ3) is 3.89. The fourth-order valence-electron chi connectivity index (χ4n) is 5.39. The number of hydrogen-bond acceptors (Lipinski definition) is 4. The molecule has 1 aliphatic heterocycles. The van der Waals surface area contributed by atoms with Crippen molar-refractivity contribution in [2.24, 2.45) is 21.7 Å². The van der Waals surface area contributed by atoms with E-state index in [2.05, 4.69) is 34.6 Å². The first-order chi connectivity index (χ1) is 14.1. The molecule has 2 atom stereocenters. The van der Waals surface area contributed by atoms with Crippen LogP contribution >= 0.6 is 0 Å². The van der Waals surface area contributed by atoms with E-state index in [1.807, 2.05) is 24.3 Å². The molecule has 1 heterocycles. The summed E-state index contributed by atoms with van der Waals surface area (Å²) in [6, 6.07) is 7.98. The number of aliphatic imine (C=N–C) groups is 1. The van der Waals surface area contributed by atoms with Crippen LogP contribution in [-0.4, -0.2) is 23.9 Å². The maximum Gasteiger partial charge on any atom is 0.161 e. The number of allylic oxidation sites excluding steroid dienone is 2. The minimum absolute atomic E-state index is 0.0880. The van der Waals surface area contributed by atoms with Gasteiger partial charge in [0.1, 0.15) is 11.5 Å². The zero-order valence-electron chi connectivity index (χ0n) is 18.9. The van der Waals surface area contributed by atoms with Gasteiger partial charge in [-0.2, -0.15) is 0 Å². The first-order valence-corrected chi connectivity index (χ1v) is 11.2. The van der Waals surface area contributed by atoms with Crippen LogP contribution in [-0.2, 0) is 9.59 Å². The van der Waals surface area contributed by atoms with E-state index in [9.17, 15) is 9.59 Å². The summed E-state index contributed by atoms with van der Waals surface area (Å²) < 4.78 is 5.86. The van der Waals surface area contributed by atoms with Crippen LogP contribution in [0.3, 0.4) is 0 Å². The molecule has 0 bridgehead atoms. The van der Waals surface area contributed by atoms with E-state index < -0.39 is 0 Å². The molecule has 30 heavy (non-hydrogen) atoms. The van der Waals surface area contributed by atoms with Crippen molar-refractivity contribution in [2.75, 3.05) is 6.61 Å². The molecule has 0 N–H and O–H groups in total. The lowest BCUT2D eigenvalue weighted by molar-refractivity contribution is -0.124. The van der Waals surface area contributed by atoms with Crippen molar-refractivity contribution in [3.63, 3.8) is 0 Å². The number of benzene rings is 1. The number of nitrogens with zero attached hydrogens (tertiary/aromatic N) is 1. The lowest BCUT2D eigenvalue weighted by atomic mass is 9.60. The van der Waals surface area contributed by atoms with Gasteiger partial charge < -0.3 is 4.74 Å². The Morgan fingerprint density at radius 3 is 2.47 bits per heavy atom. The van der Waals surface area contributed by atoms with Gasteiger partial charge in [0, 0.05) is 35.7 Å². The van der Waals surface area contributed by atoms with E-state index >= 15 is 0 Å². The molecule has 3 aliphatic rings. The second-order valence-corrected chi connectivity index (χ2v) is 10.8. The Kier molecular flexibility index (Phi) is 5.24. The minimum Gasteiger partial charge on any atom is -0.494 e. The van der Waals surface area contributed by atoms with E-state index in [0.717, 1.165) is 47.6 Å². The van der Waals surface area contributed by atoms with E-state index in [-0.39, 0.29) is 34.2 Å². The predicted molar refractivity (Wildman–Crippen MR) is 119 cm³/mol. The van der Waals surface area contributed by atoms with Crippen molar-refractivity contribution in [3.8, 4) is 5.75 Å². The maximum absolute atomic E-state index is 13.3. The lowest BCUT2D eigenvalue weighted by Gasteiger charge is -2.44. The zero-order valence-corrected chi connectivity index (χ0v) is 18.9. The number of hydrogen-bond donors (Lipinski definition) is 0. The van der Waals surface area contributed by atoms with Crippen LogP contribution in [0.5, 0.6) is 5.75 Å². The molecule has 1 aromatic carbocycles. The van der Waals surface area contributed by atoms with Gasteiger partial charge in [-0.1, -0.05) is 46.8 Å². The molecule has 4 nitrogen and oxygen atoms in total. The summed E-state index contributed by atoms with van der Waals surface area (Å²) in [6.07, 6.45) is 3.55. The van der Waals surface area contributed by atoms with Crippen LogP contribution in [0.1, 0.15) is 78.2 Å². The molecule has 0 spiro atoms. The largest absolute Gasteiger partial charge is 0.494 e. The van der Waals surface area contributed by atoms with E-state index in [1.165, 1.54) is 0 Å². The number of fused-ring (bicyclic) bond motifs is 1. The Labute approximate surface area is 179 Å². The molecule has 0 amide bonds. The van der Waals surface area contributed by atoms with Gasteiger partial charge in [0.2, 0.25) is 0 Å². The van der Waals surface area contributed by atoms with Crippen LogP contribution in [0.2, 0.25) is 0 Å². The Morgan fingerprint density at radius 1 is 1.00 bits per heavy atom. The van der Waals surface area contributed by atoms with Gasteiger partial charge in [-0.05, 0) is 47.8 Å². The standard InChI is InChI=1S/C26H33NO3/c1-6-10-30-17-9-7-8-16(11-17)22-23-18(12-25(2,3)14-20(23)28)27-19-13-26(4,5)15-21(29)24(19)22/h7-9,11,22-23H,6,10,12-15H2,1-5H3/t22-,23?/m1/s1. The molecule has 1 aromatic rings. The highest BCUT2D eigenvalue weighted by Gasteiger charge is 2.49. The topological polar surface area (TPSA) is 55.7 Å². The number of ketones is 2. The van der Waals surface area contributed by atoms with Crippen molar-refractivity contribution < 1.29 is 14.3 Å². The summed E-state index contributed by atoms with van der Waals surface area (Å²) in [5.41, 5.74) is 3.44. The Hall–Kier alpha value is -2.23. The van der Waals surface area contributed by atoms with Gasteiger partial charge in [0.15, 0.2) is 5.78 Å². The summed E-state index contributed by atoms with van der Waals surface area (Å²) in [5.74, 6) is 0.576. The van der Waals surface area contributed by atoms with Gasteiger partial charge in [0.25, 0.3) is 0 Å². The van der Waals surface area contributed by atoms with Crippen molar-refractivity contribution in [2.45, 2.75) is 72.6 Å². The zero-order chi connectivity index (χ0) is 21.7. The fourth-order valence-corrected chi connectivity index (χ4v) is 5.39. The summed E-state index contributed by atoms with van der Waals surface area (Å²) in [6.45, 7) is 11.3. The molecular weight excluding hydrogens is 374 g/mol. The number of Topliss-reactive ketones (excluding diaryl/α,β-unsaturated/α-hetero) is 2. The molecule has 1 unspecified atom stereocenters. The van der Waals surface area contributed by atoms with Crippen LogP contribution in [0.4, 0.5) is 0 Å². The number of carbonyl (C=O) groups is 2. The highest BCUT2D eigenvalue weighted by Crippen LogP contribution is 2.51. The molecule has 4 heteroatoms. The highest BCUT2D eigenvalue weighted by molar-refractivity contribution is 6.13. The second kappa shape index (κ2) is 7.47. The summed E-state index contributed by atoms with van der Waals surface area (Å²) in [7, 11) is 0. The first kappa shape index (κ1) is 21.0. The van der Waals surface area contributed by atoms with Crippen LogP contribution in [0.15, 0.2) is 40.5 Å². The van der Waals surface area contributed by atoms with Gasteiger partial charge in [-0.3, -0.25) is 14.6 Å². The molecule has 160 valence electrons. The number of carbonyl (C=O) groups excluding carboxylic acids is 2. The number of rotatable bonds is 4. The summed E-state index contributed by atoms with van der Waals surface area (Å²) in [5, 5.41) is 0. The van der Waals surface area contributed by atoms with E-state index in [1.54, 1.807) is 0 Å². The predicted octanol–water partition coefficient (Wildman–Crippen LogP) is 5.66. The molecule has 0 aromatic heterocycles. The molecule has 0 radical (unpaired) electrons. The molecule has 1 saturated carbocycles. The Balaban J connectivity index is 1.85. The van der Waals surface area contributed by atoms with Crippen LogP contribution in [0.25, 0.3) is 0 Å². The molecular formula is C26H33NO3. The smallest absolute Gasteiger partial charge is 0.161 e. The lowest BCUT2D eigenvalue weighted by Crippen LogP contribution is -2.45. The first-order valence-electron chi connectivity index (χ1n) is 11.2. The molecule has 1 fully saturated rings. The monoisotopic (exact) mass is 407 g/mol. The van der Waals surface area contributed by atoms with E-state index in [4.69, 9.17) is 9.73 Å². The van der Waals surface area contributed by atoms with Crippen molar-refractivity contribution >= 4 is 17.3 Å². The Bertz CT molecular complexity index is 951. The highest BCUT2D eigenvalue weighted by atomic mass is 16.5. The van der Waals surface area contributed by atoms with Gasteiger partial charge in [-0.25, -0.2) is 0 Å². The summed E-state index contributed by atoms with van der Waals surface area (Å²) in [4.78, 5) is 31.7. The van der Waals surface area contributed by atoms with Gasteiger partial charge in [-0.15, -0.1) is 0 Å². The van der Waals surface area contributed by atoms with Gasteiger partial charge >= 0.3 is 0 Å². The SMILES string of the molecule is CCCOc1cccc([C@H]2C3=C(CC(C)(C)CC3=O)N=C3CC(C)(C)CC(=O)C32)c1. The third-order valence-corrected chi connectivity index (χ3v) is 6.53. The molecule has 2 aliphatic carbocycles. The second-order valence-electron chi connectivity index (χ2n) is 10.8. The minimum atomic E-state index is -0.330. The Morgan fingerprint density at radius 2 is 1.73 bits per heavy atom. The number of ether oxygens (including phenoxy) is 1. The average Bonchev–Trinajstić information content (AvgIpc) is 2.63. The van der Waals surface area contributed by atoms with Gasteiger partial charge in [0.05, 0.1) is 12.5 Å². The van der Waals surface area contributed by atoms with Crippen LogP contribution < -0.4 is 4.74 Å². The summed E-state index contributed by atoms with van der Waals surface area (Å²) >= 11 is 0. The molecule has 0 saturated heterocycles. The van der Waals surface area contributed by atoms with Crippen molar-refractivity contribution in [1.82, 2.24) is 0 Å². The average molecular weight is 408 g/mol. The normalized spacial score (nSPS) is 27.3. The molecule has 4 rings (SSSR count). The van der Waals surface area contributed by atoms with Crippen molar-refractivity contribution in [3.05, 3.63) is 41.1 Å².